The van der Waals surface area contributed by atoms with Crippen molar-refractivity contribution < 1.29 is 0 Å². The molecule has 0 aromatic carbocycles. The van der Waals surface area contributed by atoms with Gasteiger partial charge in [-0.05, 0) is 19.4 Å². The molecular formula is C12H19N5S. The fourth-order valence-electron chi connectivity index (χ4n) is 1.58. The van der Waals surface area contributed by atoms with E-state index in [0.717, 1.165) is 29.6 Å². The van der Waals surface area contributed by atoms with Gasteiger partial charge in [-0.3, -0.25) is 0 Å². The zero-order valence-corrected chi connectivity index (χ0v) is 11.9. The van der Waals surface area contributed by atoms with Crippen LogP contribution in [0.25, 0.3) is 0 Å². The third kappa shape index (κ3) is 3.89. The number of rotatable bonds is 6. The molecule has 2 aromatic rings. The molecule has 0 aliphatic rings. The van der Waals surface area contributed by atoms with Crippen molar-refractivity contribution in [2.45, 2.75) is 33.9 Å². The van der Waals surface area contributed by atoms with Crippen molar-refractivity contribution >= 4 is 11.3 Å². The van der Waals surface area contributed by atoms with E-state index in [2.05, 4.69) is 39.6 Å². The first-order chi connectivity index (χ1) is 8.63. The maximum Gasteiger partial charge on any atom is 0.164 e. The second-order valence-corrected chi connectivity index (χ2v) is 5.71. The maximum atomic E-state index is 4.42. The summed E-state index contributed by atoms with van der Waals surface area (Å²) in [5.41, 5.74) is 1.06. The van der Waals surface area contributed by atoms with E-state index in [4.69, 9.17) is 0 Å². The van der Waals surface area contributed by atoms with Crippen LogP contribution in [-0.4, -0.2) is 26.3 Å². The van der Waals surface area contributed by atoms with Gasteiger partial charge in [0.15, 0.2) is 5.82 Å². The molecule has 6 heteroatoms. The van der Waals surface area contributed by atoms with E-state index in [1.54, 1.807) is 17.7 Å². The minimum Gasteiger partial charge on any atom is -0.310 e. The van der Waals surface area contributed by atoms with Gasteiger partial charge >= 0.3 is 0 Å². The smallest absolute Gasteiger partial charge is 0.164 e. The average Bonchev–Trinajstić information content (AvgIpc) is 2.89. The van der Waals surface area contributed by atoms with Crippen LogP contribution >= 0.6 is 11.3 Å². The molecule has 2 aromatic heterocycles. The molecule has 0 atom stereocenters. The molecule has 0 saturated heterocycles. The quantitative estimate of drug-likeness (QED) is 0.866. The summed E-state index contributed by atoms with van der Waals surface area (Å²) in [6.45, 7) is 8.79. The zero-order valence-electron chi connectivity index (χ0n) is 11.1. The summed E-state index contributed by atoms with van der Waals surface area (Å²) in [5.74, 6) is 1.48. The number of nitrogens with one attached hydrogen (secondary N) is 1. The molecule has 0 unspecified atom stereocenters. The molecule has 2 heterocycles. The van der Waals surface area contributed by atoms with Crippen LogP contribution in [0.2, 0.25) is 0 Å². The number of nitrogens with zero attached hydrogens (tertiary/aromatic N) is 4. The van der Waals surface area contributed by atoms with Crippen LogP contribution in [0, 0.1) is 12.8 Å². The minimum absolute atomic E-state index is 0.644. The Bertz CT molecular complexity index is 488. The van der Waals surface area contributed by atoms with Crippen molar-refractivity contribution in [1.82, 2.24) is 25.1 Å². The minimum atomic E-state index is 0.644. The van der Waals surface area contributed by atoms with Gasteiger partial charge in [0, 0.05) is 11.1 Å². The summed E-state index contributed by atoms with van der Waals surface area (Å²) in [5, 5.41) is 10.9. The lowest BCUT2D eigenvalue weighted by atomic mass is 10.2. The molecule has 0 saturated carbocycles. The third-order valence-electron chi connectivity index (χ3n) is 2.38. The number of hydrogen-bond donors (Lipinski definition) is 1. The molecule has 0 spiro atoms. The molecule has 1 N–H and O–H groups in total. The molecule has 0 amide bonds. The summed E-state index contributed by atoms with van der Waals surface area (Å²) in [6.07, 6.45) is 1.77. The van der Waals surface area contributed by atoms with E-state index in [0.29, 0.717) is 12.5 Å². The van der Waals surface area contributed by atoms with E-state index >= 15 is 0 Å². The Morgan fingerprint density at radius 1 is 1.44 bits per heavy atom. The van der Waals surface area contributed by atoms with E-state index in [1.165, 1.54) is 0 Å². The van der Waals surface area contributed by atoms with Crippen molar-refractivity contribution in [3.05, 3.63) is 28.2 Å². The molecule has 18 heavy (non-hydrogen) atoms. The Morgan fingerprint density at radius 3 is 2.94 bits per heavy atom. The highest BCUT2D eigenvalue weighted by Crippen LogP contribution is 2.09. The van der Waals surface area contributed by atoms with Crippen molar-refractivity contribution in [2.24, 2.45) is 5.92 Å². The molecule has 2 rings (SSSR count). The van der Waals surface area contributed by atoms with E-state index in [1.807, 2.05) is 11.6 Å². The lowest BCUT2D eigenvalue weighted by molar-refractivity contribution is 0.539. The first-order valence-electron chi connectivity index (χ1n) is 6.13. The predicted octanol–water partition coefficient (Wildman–Crippen LogP) is 1.84. The Morgan fingerprint density at radius 2 is 2.28 bits per heavy atom. The van der Waals surface area contributed by atoms with Crippen LogP contribution < -0.4 is 5.32 Å². The van der Waals surface area contributed by atoms with E-state index in [9.17, 15) is 0 Å². The van der Waals surface area contributed by atoms with Crippen LogP contribution in [0.3, 0.4) is 0 Å². The fourth-order valence-corrected chi connectivity index (χ4v) is 2.34. The van der Waals surface area contributed by atoms with Gasteiger partial charge in [0.05, 0.1) is 13.1 Å². The molecule has 0 fully saturated rings. The highest BCUT2D eigenvalue weighted by molar-refractivity contribution is 7.09. The SMILES string of the molecule is Cc1csc(Cn2cnc(CNCC(C)C)n2)n1. The number of hydrogen-bond acceptors (Lipinski definition) is 5. The van der Waals surface area contributed by atoms with Crippen LogP contribution in [0.1, 0.15) is 30.4 Å². The number of thiazole rings is 1. The second-order valence-electron chi connectivity index (χ2n) is 4.77. The number of aryl methyl sites for hydroxylation is 1. The van der Waals surface area contributed by atoms with Gasteiger partial charge in [-0.2, -0.15) is 5.10 Å². The molecule has 5 nitrogen and oxygen atoms in total. The average molecular weight is 265 g/mol. The van der Waals surface area contributed by atoms with Crippen molar-refractivity contribution in [1.29, 1.82) is 0 Å². The van der Waals surface area contributed by atoms with Crippen LogP contribution in [0.15, 0.2) is 11.7 Å². The van der Waals surface area contributed by atoms with Gasteiger partial charge in [-0.15, -0.1) is 11.3 Å². The molecule has 0 bridgehead atoms. The lowest BCUT2D eigenvalue weighted by Crippen LogP contribution is -2.19. The van der Waals surface area contributed by atoms with Crippen LogP contribution in [-0.2, 0) is 13.1 Å². The standard InChI is InChI=1S/C12H19N5S/c1-9(2)4-13-5-11-14-8-17(16-11)6-12-15-10(3)7-18-12/h7-9,13H,4-6H2,1-3H3. The number of aromatic nitrogens is 4. The van der Waals surface area contributed by atoms with Crippen LogP contribution in [0.5, 0.6) is 0 Å². The maximum absolute atomic E-state index is 4.42. The lowest BCUT2D eigenvalue weighted by Gasteiger charge is -2.04. The topological polar surface area (TPSA) is 55.6 Å². The summed E-state index contributed by atoms with van der Waals surface area (Å²) < 4.78 is 1.84. The van der Waals surface area contributed by atoms with Crippen molar-refractivity contribution in [3.8, 4) is 0 Å². The predicted molar refractivity (Wildman–Crippen MR) is 72.5 cm³/mol. The summed E-state index contributed by atoms with van der Waals surface area (Å²) in [6, 6.07) is 0. The fraction of sp³-hybridized carbons (Fsp3) is 0.583. The highest BCUT2D eigenvalue weighted by atomic mass is 32.1. The highest BCUT2D eigenvalue weighted by Gasteiger charge is 2.04. The van der Waals surface area contributed by atoms with E-state index < -0.39 is 0 Å². The van der Waals surface area contributed by atoms with Gasteiger partial charge in [-0.25, -0.2) is 14.6 Å². The molecule has 0 aliphatic heterocycles. The summed E-state index contributed by atoms with van der Waals surface area (Å²) in [7, 11) is 0. The first kappa shape index (κ1) is 13.2. The Balaban J connectivity index is 1.86. The van der Waals surface area contributed by atoms with Crippen molar-refractivity contribution in [2.75, 3.05) is 6.54 Å². The van der Waals surface area contributed by atoms with Crippen molar-refractivity contribution in [3.63, 3.8) is 0 Å². The van der Waals surface area contributed by atoms with Gasteiger partial charge < -0.3 is 5.32 Å². The largest absolute Gasteiger partial charge is 0.310 e. The summed E-state index contributed by atoms with van der Waals surface area (Å²) in [4.78, 5) is 8.70. The van der Waals surface area contributed by atoms with Gasteiger partial charge in [0.2, 0.25) is 0 Å². The summed E-state index contributed by atoms with van der Waals surface area (Å²) >= 11 is 1.66. The van der Waals surface area contributed by atoms with Crippen LogP contribution in [0.4, 0.5) is 0 Å². The zero-order chi connectivity index (χ0) is 13.0. The molecule has 0 aliphatic carbocycles. The first-order valence-corrected chi connectivity index (χ1v) is 7.01. The molecule has 0 radical (unpaired) electrons. The Hall–Kier alpha value is -1.27. The second kappa shape index (κ2) is 6.06. The van der Waals surface area contributed by atoms with Gasteiger partial charge in [0.1, 0.15) is 11.3 Å². The van der Waals surface area contributed by atoms with E-state index in [-0.39, 0.29) is 0 Å². The molecule has 98 valence electrons. The Kier molecular flexibility index (Phi) is 4.43. The third-order valence-corrected chi connectivity index (χ3v) is 3.33. The normalized spacial score (nSPS) is 11.3. The van der Waals surface area contributed by atoms with Gasteiger partial charge in [0.25, 0.3) is 0 Å². The molecular weight excluding hydrogens is 246 g/mol. The monoisotopic (exact) mass is 265 g/mol. The Labute approximate surface area is 111 Å². The van der Waals surface area contributed by atoms with Gasteiger partial charge in [-0.1, -0.05) is 13.8 Å².